The van der Waals surface area contributed by atoms with Crippen LogP contribution >= 0.6 is 0 Å². The molecule has 108 valence electrons. The van der Waals surface area contributed by atoms with Crippen molar-refractivity contribution in [2.45, 2.75) is 45.4 Å². The third-order valence-corrected chi connectivity index (χ3v) is 3.36. The van der Waals surface area contributed by atoms with Crippen molar-refractivity contribution in [3.8, 4) is 0 Å². The number of amides is 4. The number of imide groups is 1. The summed E-state index contributed by atoms with van der Waals surface area (Å²) in [6, 6.07) is -0.849. The van der Waals surface area contributed by atoms with Crippen molar-refractivity contribution in [2.75, 3.05) is 19.6 Å². The minimum Gasteiger partial charge on any atom is -0.351 e. The number of piperazine rings is 1. The Hall–Kier alpha value is -1.59. The minimum absolute atomic E-state index is 0.204. The molecule has 0 saturated carbocycles. The summed E-state index contributed by atoms with van der Waals surface area (Å²) in [5, 5.41) is 0. The third-order valence-electron chi connectivity index (χ3n) is 3.36. The largest absolute Gasteiger partial charge is 0.351 e. The van der Waals surface area contributed by atoms with E-state index in [-0.39, 0.29) is 6.54 Å². The van der Waals surface area contributed by atoms with Crippen molar-refractivity contribution < 1.29 is 14.4 Å². The highest BCUT2D eigenvalue weighted by molar-refractivity contribution is 6.37. The SMILES string of the molecule is CCCCCCCCN1CCN(C(N)=O)C(=O)C1=O. The van der Waals surface area contributed by atoms with E-state index < -0.39 is 17.8 Å². The maximum absolute atomic E-state index is 11.7. The van der Waals surface area contributed by atoms with Gasteiger partial charge in [0.2, 0.25) is 0 Å². The first kappa shape index (κ1) is 15.5. The van der Waals surface area contributed by atoms with Gasteiger partial charge in [-0.1, -0.05) is 39.0 Å². The molecule has 6 heteroatoms. The van der Waals surface area contributed by atoms with E-state index >= 15 is 0 Å². The molecular formula is C13H23N3O3. The molecule has 0 aromatic heterocycles. The number of urea groups is 1. The molecule has 2 N–H and O–H groups in total. The lowest BCUT2D eigenvalue weighted by Gasteiger charge is -2.31. The van der Waals surface area contributed by atoms with Crippen LogP contribution in [0, 0.1) is 0 Å². The fourth-order valence-corrected chi connectivity index (χ4v) is 2.18. The fraction of sp³-hybridized carbons (Fsp3) is 0.769. The molecule has 0 aliphatic carbocycles. The monoisotopic (exact) mass is 269 g/mol. The molecule has 1 fully saturated rings. The molecule has 0 radical (unpaired) electrons. The molecule has 1 rings (SSSR count). The summed E-state index contributed by atoms with van der Waals surface area (Å²) in [5.74, 6) is -1.41. The van der Waals surface area contributed by atoms with E-state index in [1.807, 2.05) is 0 Å². The molecule has 0 atom stereocenters. The molecule has 0 bridgehead atoms. The van der Waals surface area contributed by atoms with Gasteiger partial charge in [0.05, 0.1) is 0 Å². The van der Waals surface area contributed by atoms with E-state index in [9.17, 15) is 14.4 Å². The Morgan fingerprint density at radius 2 is 1.68 bits per heavy atom. The maximum Gasteiger partial charge on any atom is 0.321 e. The third kappa shape index (κ3) is 4.54. The fourth-order valence-electron chi connectivity index (χ4n) is 2.18. The molecule has 1 aliphatic rings. The minimum atomic E-state index is -0.849. The average molecular weight is 269 g/mol. The van der Waals surface area contributed by atoms with Crippen LogP contribution in [0.4, 0.5) is 4.79 Å². The second-order valence-electron chi connectivity index (χ2n) is 4.85. The van der Waals surface area contributed by atoms with Gasteiger partial charge in [-0.2, -0.15) is 0 Å². The lowest BCUT2D eigenvalue weighted by Crippen LogP contribution is -2.57. The Balaban J connectivity index is 2.27. The van der Waals surface area contributed by atoms with E-state index in [0.717, 1.165) is 24.2 Å². The molecular weight excluding hydrogens is 246 g/mol. The van der Waals surface area contributed by atoms with E-state index in [2.05, 4.69) is 6.92 Å². The van der Waals surface area contributed by atoms with Gasteiger partial charge in [-0.3, -0.25) is 14.5 Å². The standard InChI is InChI=1S/C13H23N3O3/c1-2-3-4-5-6-7-8-15-9-10-16(13(14)19)12(18)11(15)17/h2-10H2,1H3,(H2,14,19). The van der Waals surface area contributed by atoms with Crippen LogP contribution in [-0.4, -0.2) is 47.3 Å². The highest BCUT2D eigenvalue weighted by atomic mass is 16.2. The predicted molar refractivity (Wildman–Crippen MR) is 71.3 cm³/mol. The van der Waals surface area contributed by atoms with Crippen molar-refractivity contribution >= 4 is 17.8 Å². The average Bonchev–Trinajstić information content (AvgIpc) is 2.38. The quantitative estimate of drug-likeness (QED) is 0.555. The molecule has 4 amide bonds. The van der Waals surface area contributed by atoms with E-state index in [4.69, 9.17) is 5.73 Å². The molecule has 1 saturated heterocycles. The first-order valence-corrected chi connectivity index (χ1v) is 6.98. The molecule has 1 aliphatic heterocycles. The number of carbonyl (C=O) groups excluding carboxylic acids is 3. The van der Waals surface area contributed by atoms with Crippen LogP contribution in [-0.2, 0) is 9.59 Å². The van der Waals surface area contributed by atoms with Crippen LogP contribution in [0.3, 0.4) is 0 Å². The Bertz CT molecular complexity index is 344. The normalized spacial score (nSPS) is 16.1. The Kier molecular flexibility index (Phi) is 6.32. The Morgan fingerprint density at radius 3 is 2.32 bits per heavy atom. The summed E-state index contributed by atoms with van der Waals surface area (Å²) in [6.07, 6.45) is 6.81. The first-order chi connectivity index (χ1) is 9.07. The zero-order valence-corrected chi connectivity index (χ0v) is 11.6. The topological polar surface area (TPSA) is 83.7 Å². The maximum atomic E-state index is 11.7. The number of primary amides is 1. The number of nitrogens with zero attached hydrogens (tertiary/aromatic N) is 2. The van der Waals surface area contributed by atoms with Crippen LogP contribution in [0.1, 0.15) is 45.4 Å². The van der Waals surface area contributed by atoms with Crippen molar-refractivity contribution in [1.82, 2.24) is 9.80 Å². The van der Waals surface area contributed by atoms with Crippen LogP contribution < -0.4 is 5.73 Å². The molecule has 0 spiro atoms. The van der Waals surface area contributed by atoms with Gasteiger partial charge in [0, 0.05) is 19.6 Å². The van der Waals surface area contributed by atoms with Gasteiger partial charge in [0.25, 0.3) is 0 Å². The van der Waals surface area contributed by atoms with Crippen molar-refractivity contribution in [3.05, 3.63) is 0 Å². The van der Waals surface area contributed by atoms with Gasteiger partial charge >= 0.3 is 17.8 Å². The van der Waals surface area contributed by atoms with Crippen molar-refractivity contribution in [1.29, 1.82) is 0 Å². The summed E-state index contributed by atoms with van der Waals surface area (Å²) >= 11 is 0. The van der Waals surface area contributed by atoms with Gasteiger partial charge < -0.3 is 10.6 Å². The Morgan fingerprint density at radius 1 is 1.05 bits per heavy atom. The summed E-state index contributed by atoms with van der Waals surface area (Å²) < 4.78 is 0. The van der Waals surface area contributed by atoms with Gasteiger partial charge in [0.1, 0.15) is 0 Å². The number of hydrogen-bond acceptors (Lipinski definition) is 3. The summed E-state index contributed by atoms with van der Waals surface area (Å²) in [6.45, 7) is 3.35. The lowest BCUT2D eigenvalue weighted by molar-refractivity contribution is -0.153. The van der Waals surface area contributed by atoms with Gasteiger partial charge in [-0.25, -0.2) is 4.79 Å². The summed E-state index contributed by atoms with van der Waals surface area (Å²) in [7, 11) is 0. The van der Waals surface area contributed by atoms with Gasteiger partial charge in [-0.05, 0) is 6.42 Å². The molecule has 0 aromatic rings. The second kappa shape index (κ2) is 7.76. The van der Waals surface area contributed by atoms with Crippen LogP contribution in [0.5, 0.6) is 0 Å². The van der Waals surface area contributed by atoms with Crippen LogP contribution in [0.2, 0.25) is 0 Å². The number of unbranched alkanes of at least 4 members (excludes halogenated alkanes) is 5. The van der Waals surface area contributed by atoms with Gasteiger partial charge in [-0.15, -0.1) is 0 Å². The molecule has 19 heavy (non-hydrogen) atoms. The van der Waals surface area contributed by atoms with E-state index in [1.54, 1.807) is 0 Å². The smallest absolute Gasteiger partial charge is 0.321 e. The van der Waals surface area contributed by atoms with Crippen LogP contribution in [0.15, 0.2) is 0 Å². The predicted octanol–water partition coefficient (Wildman–Crippen LogP) is 1.10. The number of nitrogens with two attached hydrogens (primary N) is 1. The van der Waals surface area contributed by atoms with Crippen molar-refractivity contribution in [3.63, 3.8) is 0 Å². The molecule has 0 unspecified atom stereocenters. The van der Waals surface area contributed by atoms with Gasteiger partial charge in [0.15, 0.2) is 0 Å². The second-order valence-corrected chi connectivity index (χ2v) is 4.85. The molecule has 1 heterocycles. The number of rotatable bonds is 7. The highest BCUT2D eigenvalue weighted by Crippen LogP contribution is 2.09. The zero-order valence-electron chi connectivity index (χ0n) is 11.6. The van der Waals surface area contributed by atoms with Crippen LogP contribution in [0.25, 0.3) is 0 Å². The summed E-state index contributed by atoms with van der Waals surface area (Å²) in [4.78, 5) is 36.6. The van der Waals surface area contributed by atoms with E-state index in [0.29, 0.717) is 13.1 Å². The number of hydrogen-bond donors (Lipinski definition) is 1. The Labute approximate surface area is 113 Å². The highest BCUT2D eigenvalue weighted by Gasteiger charge is 2.34. The van der Waals surface area contributed by atoms with E-state index in [1.165, 1.54) is 24.2 Å². The molecule has 6 nitrogen and oxygen atoms in total. The summed E-state index contributed by atoms with van der Waals surface area (Å²) in [5.41, 5.74) is 5.03. The van der Waals surface area contributed by atoms with Crippen molar-refractivity contribution in [2.24, 2.45) is 5.73 Å². The zero-order chi connectivity index (χ0) is 14.3. The molecule has 0 aromatic carbocycles. The lowest BCUT2D eigenvalue weighted by atomic mass is 10.1. The number of carbonyl (C=O) groups is 3. The first-order valence-electron chi connectivity index (χ1n) is 6.98.